The average molecular weight is 976 g/mol. The van der Waals surface area contributed by atoms with Crippen LogP contribution in [0, 0.1) is 20.8 Å². The summed E-state index contributed by atoms with van der Waals surface area (Å²) in [5.41, 5.74) is 17.1. The number of pyridine rings is 6. The quantitative estimate of drug-likeness (QED) is 0.164. The Morgan fingerprint density at radius 2 is 0.747 bits per heavy atom. The third kappa shape index (κ3) is 7.79. The van der Waals surface area contributed by atoms with Crippen molar-refractivity contribution >= 4 is 98.3 Å². The van der Waals surface area contributed by atoms with Crippen molar-refractivity contribution in [2.24, 2.45) is 21.1 Å². The van der Waals surface area contributed by atoms with Crippen LogP contribution in [0.4, 0.5) is 0 Å². The van der Waals surface area contributed by atoms with Gasteiger partial charge in [-0.05, 0) is 121 Å². The van der Waals surface area contributed by atoms with E-state index in [0.29, 0.717) is 0 Å². The van der Waals surface area contributed by atoms with Crippen LogP contribution in [0.25, 0.3) is 132 Å². The lowest BCUT2D eigenvalue weighted by atomic mass is 10.00. The summed E-state index contributed by atoms with van der Waals surface area (Å²) in [6, 6.07) is 52.6. The Labute approximate surface area is 431 Å². The molecule has 9 heterocycles. The minimum absolute atomic E-state index is 0.904. The highest BCUT2D eigenvalue weighted by molar-refractivity contribution is 6.15. The normalized spacial score (nSPS) is 11.6. The maximum Gasteiger partial charge on any atom is 0.216 e. The number of aryl methyl sites for hydroxylation is 6. The van der Waals surface area contributed by atoms with E-state index in [1.807, 2.05) is 67.4 Å². The molecule has 0 fully saturated rings. The molecule has 0 N–H and O–H groups in total. The van der Waals surface area contributed by atoms with E-state index in [4.69, 9.17) is 13.3 Å². The first-order chi connectivity index (χ1) is 36.7. The fourth-order valence-electron chi connectivity index (χ4n) is 10.8. The molecular formula is C66H51N6O3+3. The minimum Gasteiger partial charge on any atom is -0.455 e. The van der Waals surface area contributed by atoms with E-state index in [1.165, 1.54) is 22.1 Å². The molecule has 0 atom stereocenters. The lowest BCUT2D eigenvalue weighted by Crippen LogP contribution is -2.30. The van der Waals surface area contributed by atoms with E-state index in [1.54, 1.807) is 0 Å². The van der Waals surface area contributed by atoms with Crippen LogP contribution >= 0.6 is 0 Å². The predicted octanol–water partition coefficient (Wildman–Crippen LogP) is 14.8. The third-order valence-corrected chi connectivity index (χ3v) is 14.7. The monoisotopic (exact) mass is 975 g/mol. The van der Waals surface area contributed by atoms with Crippen molar-refractivity contribution < 1.29 is 27.0 Å². The number of furan rings is 3. The van der Waals surface area contributed by atoms with Gasteiger partial charge in [0.1, 0.15) is 54.6 Å². The molecule has 0 radical (unpaired) electrons. The molecule has 6 aromatic carbocycles. The van der Waals surface area contributed by atoms with Crippen molar-refractivity contribution in [1.29, 1.82) is 0 Å². The van der Waals surface area contributed by atoms with E-state index in [9.17, 15) is 0 Å². The van der Waals surface area contributed by atoms with Crippen LogP contribution < -0.4 is 13.7 Å². The molecule has 0 aliphatic heterocycles. The van der Waals surface area contributed by atoms with Gasteiger partial charge >= 0.3 is 0 Å². The first-order valence-corrected chi connectivity index (χ1v) is 25.1. The molecule has 0 aliphatic carbocycles. The highest BCUT2D eigenvalue weighted by Gasteiger charge is 2.23. The molecule has 360 valence electrons. The van der Waals surface area contributed by atoms with Crippen molar-refractivity contribution in [3.8, 4) is 33.8 Å². The smallest absolute Gasteiger partial charge is 0.216 e. The lowest BCUT2D eigenvalue weighted by molar-refractivity contribution is -0.660. The zero-order chi connectivity index (χ0) is 50.9. The second-order valence-corrected chi connectivity index (χ2v) is 19.5. The molecule has 9 heteroatoms. The van der Waals surface area contributed by atoms with Crippen molar-refractivity contribution in [3.05, 3.63) is 218 Å². The molecular weight excluding hydrogens is 925 g/mol. The van der Waals surface area contributed by atoms with Crippen molar-refractivity contribution in [2.45, 2.75) is 20.8 Å². The van der Waals surface area contributed by atoms with Crippen LogP contribution in [-0.4, -0.2) is 15.0 Å². The van der Waals surface area contributed by atoms with E-state index in [2.05, 4.69) is 204 Å². The summed E-state index contributed by atoms with van der Waals surface area (Å²) in [7, 11) is 6.20. The van der Waals surface area contributed by atoms with Crippen molar-refractivity contribution in [2.75, 3.05) is 0 Å². The number of hydrogen-bond donors (Lipinski definition) is 0. The van der Waals surface area contributed by atoms with Gasteiger partial charge in [0, 0.05) is 116 Å². The predicted molar refractivity (Wildman–Crippen MR) is 301 cm³/mol. The molecule has 15 aromatic rings. The SMILES string of the molecule is Cc1ccc2c(oc3cc4cccnc4cc32)c1-c1cccc[n+]1C.Cc1ccc2c(oc3cc4ccncc4cc32)c1-c1cccc[n+]1C.Cc1ccc2c(oc3cc4cnccc4cc32)c1-c1cccc[n+]1C. The summed E-state index contributed by atoms with van der Waals surface area (Å²) in [5.74, 6) is 0. The standard InChI is InChI=1S/3C22H17N2O/c1-14-8-9-16-17-13-18-15(6-5-10-23-18)12-20(17)25-22(16)21(14)19-7-3-4-11-24(19)2;1-14-6-7-17-18-11-16-13-23-9-8-15(16)12-20(18)25-22(17)21(14)19-5-3-4-10-24(19)2;1-14-6-7-17-18-11-15-8-9-23-13-16(15)12-20(18)25-22(17)21(14)19-5-3-4-10-24(19)2/h3*3-13H,1-2H3/q3*+1. The van der Waals surface area contributed by atoms with Gasteiger partial charge < -0.3 is 13.3 Å². The first kappa shape index (κ1) is 45.3. The number of hydrogen-bond acceptors (Lipinski definition) is 6. The van der Waals surface area contributed by atoms with Gasteiger partial charge in [-0.25, -0.2) is 13.7 Å². The Hall–Kier alpha value is -9.60. The Bertz CT molecular complexity index is 4280. The Morgan fingerprint density at radius 3 is 1.21 bits per heavy atom. The maximum atomic E-state index is 6.35. The maximum absolute atomic E-state index is 6.35. The molecule has 0 saturated carbocycles. The Kier molecular flexibility index (Phi) is 11.0. The van der Waals surface area contributed by atoms with Gasteiger partial charge in [-0.1, -0.05) is 42.5 Å². The van der Waals surface area contributed by atoms with Gasteiger partial charge in [-0.15, -0.1) is 0 Å². The fourth-order valence-corrected chi connectivity index (χ4v) is 10.8. The van der Waals surface area contributed by atoms with Gasteiger partial charge in [-0.2, -0.15) is 0 Å². The van der Waals surface area contributed by atoms with Crippen LogP contribution in [0.15, 0.2) is 214 Å². The topological polar surface area (TPSA) is 89.7 Å². The van der Waals surface area contributed by atoms with Gasteiger partial charge in [0.25, 0.3) is 0 Å². The zero-order valence-corrected chi connectivity index (χ0v) is 42.5. The average Bonchev–Trinajstić information content (AvgIpc) is 4.10. The summed E-state index contributed by atoms with van der Waals surface area (Å²) >= 11 is 0. The van der Waals surface area contributed by atoms with Crippen LogP contribution in [0.5, 0.6) is 0 Å². The second-order valence-electron chi connectivity index (χ2n) is 19.5. The molecule has 0 bridgehead atoms. The Morgan fingerprint density at radius 1 is 0.347 bits per heavy atom. The highest BCUT2D eigenvalue weighted by atomic mass is 16.3. The summed E-state index contributed by atoms with van der Waals surface area (Å²) in [5, 5.41) is 12.5. The van der Waals surface area contributed by atoms with Gasteiger partial charge in [0.05, 0.1) is 22.2 Å². The minimum atomic E-state index is 0.904. The van der Waals surface area contributed by atoms with E-state index >= 15 is 0 Å². The number of benzene rings is 6. The number of nitrogens with zero attached hydrogens (tertiary/aromatic N) is 6. The number of aromatic nitrogens is 6. The van der Waals surface area contributed by atoms with E-state index in [-0.39, 0.29) is 0 Å². The lowest BCUT2D eigenvalue weighted by Gasteiger charge is -2.04. The molecule has 0 amide bonds. The molecule has 75 heavy (non-hydrogen) atoms. The van der Waals surface area contributed by atoms with Crippen molar-refractivity contribution in [3.63, 3.8) is 0 Å². The molecule has 9 nitrogen and oxygen atoms in total. The Balaban J connectivity index is 0.000000108. The van der Waals surface area contributed by atoms with Gasteiger partial charge in [-0.3, -0.25) is 15.0 Å². The second kappa shape index (κ2) is 18.2. The molecule has 0 spiro atoms. The first-order valence-electron chi connectivity index (χ1n) is 25.1. The fraction of sp³-hybridized carbons (Fsp3) is 0.0909. The largest absolute Gasteiger partial charge is 0.455 e. The molecule has 0 saturated heterocycles. The van der Waals surface area contributed by atoms with Crippen LogP contribution in [-0.2, 0) is 21.1 Å². The third-order valence-electron chi connectivity index (χ3n) is 14.7. The molecule has 15 rings (SSSR count). The molecule has 0 unspecified atom stereocenters. The van der Waals surface area contributed by atoms with Crippen molar-refractivity contribution in [1.82, 2.24) is 15.0 Å². The number of fused-ring (bicyclic) bond motifs is 12. The molecule has 9 aromatic heterocycles. The summed E-state index contributed by atoms with van der Waals surface area (Å²) < 4.78 is 25.4. The summed E-state index contributed by atoms with van der Waals surface area (Å²) in [4.78, 5) is 12.9. The van der Waals surface area contributed by atoms with Crippen LogP contribution in [0.2, 0.25) is 0 Å². The van der Waals surface area contributed by atoms with E-state index < -0.39 is 0 Å². The zero-order valence-electron chi connectivity index (χ0n) is 42.5. The summed E-state index contributed by atoms with van der Waals surface area (Å²) in [6.45, 7) is 6.40. The van der Waals surface area contributed by atoms with E-state index in [0.717, 1.165) is 127 Å². The van der Waals surface area contributed by atoms with Crippen LogP contribution in [0.3, 0.4) is 0 Å². The highest BCUT2D eigenvalue weighted by Crippen LogP contribution is 2.41. The molecule has 0 aliphatic rings. The van der Waals surface area contributed by atoms with Gasteiger partial charge in [0.2, 0.25) is 17.1 Å². The number of rotatable bonds is 3. The summed E-state index contributed by atoms with van der Waals surface area (Å²) in [6.07, 6.45) is 15.5. The van der Waals surface area contributed by atoms with Crippen LogP contribution in [0.1, 0.15) is 16.7 Å². The van der Waals surface area contributed by atoms with Gasteiger partial charge in [0.15, 0.2) is 18.6 Å².